The molecule has 1 amide bonds. The molecule has 0 saturated carbocycles. The third-order valence-electron chi connectivity index (χ3n) is 5.28. The molecule has 2 aliphatic heterocycles. The van der Waals surface area contributed by atoms with Crippen LogP contribution in [-0.4, -0.2) is 86.6 Å². The van der Waals surface area contributed by atoms with Gasteiger partial charge in [0.05, 0.1) is 0 Å². The first kappa shape index (κ1) is 18.4. The van der Waals surface area contributed by atoms with Crippen LogP contribution in [0.1, 0.15) is 32.1 Å². The first-order valence-electron chi connectivity index (χ1n) is 9.04. The molecule has 132 valence electrons. The van der Waals surface area contributed by atoms with Gasteiger partial charge in [-0.1, -0.05) is 12.5 Å². The van der Waals surface area contributed by atoms with Crippen molar-refractivity contribution in [1.29, 1.82) is 0 Å². The van der Waals surface area contributed by atoms with E-state index in [4.69, 9.17) is 0 Å². The third kappa shape index (κ3) is 5.59. The highest BCUT2D eigenvalue weighted by molar-refractivity contribution is 5.87. The van der Waals surface area contributed by atoms with Crippen LogP contribution in [0.4, 0.5) is 0 Å². The molecule has 0 spiro atoms. The molecule has 5 heteroatoms. The monoisotopic (exact) mass is 322 g/mol. The Balaban J connectivity index is 1.92. The maximum absolute atomic E-state index is 12.1. The lowest BCUT2D eigenvalue weighted by atomic mass is 9.84. The Labute approximate surface area is 141 Å². The van der Waals surface area contributed by atoms with Crippen LogP contribution in [0.25, 0.3) is 0 Å². The summed E-state index contributed by atoms with van der Waals surface area (Å²) < 4.78 is 0. The van der Waals surface area contributed by atoms with Crippen LogP contribution in [0.15, 0.2) is 12.2 Å². The molecule has 5 nitrogen and oxygen atoms in total. The van der Waals surface area contributed by atoms with Crippen molar-refractivity contribution < 1.29 is 4.79 Å². The summed E-state index contributed by atoms with van der Waals surface area (Å²) in [7, 11) is 6.21. The van der Waals surface area contributed by atoms with Gasteiger partial charge in [-0.2, -0.15) is 0 Å². The molecule has 2 heterocycles. The van der Waals surface area contributed by atoms with Crippen LogP contribution in [-0.2, 0) is 4.79 Å². The molecule has 2 rings (SSSR count). The number of hydrogen-bond acceptors (Lipinski definition) is 4. The van der Waals surface area contributed by atoms with Gasteiger partial charge < -0.3 is 15.1 Å². The summed E-state index contributed by atoms with van der Waals surface area (Å²) in [4.78, 5) is 19.2. The Morgan fingerprint density at radius 2 is 1.78 bits per heavy atom. The number of carbonyl (C=O) groups excluding carboxylic acids is 1. The molecule has 0 atom stereocenters. The zero-order chi connectivity index (χ0) is 16.7. The molecule has 2 saturated heterocycles. The van der Waals surface area contributed by atoms with Crippen LogP contribution >= 0.6 is 0 Å². The Morgan fingerprint density at radius 1 is 1.13 bits per heavy atom. The number of nitrogens with zero attached hydrogens (tertiary/aromatic N) is 3. The minimum absolute atomic E-state index is 0.0437. The van der Waals surface area contributed by atoms with E-state index < -0.39 is 0 Å². The Hall–Kier alpha value is -0.910. The van der Waals surface area contributed by atoms with Crippen LogP contribution in [0.2, 0.25) is 0 Å². The van der Waals surface area contributed by atoms with Gasteiger partial charge in [-0.3, -0.25) is 9.69 Å². The molecular formula is C18H34N4O. The molecule has 0 unspecified atom stereocenters. The van der Waals surface area contributed by atoms with Crippen molar-refractivity contribution >= 4 is 5.91 Å². The van der Waals surface area contributed by atoms with Crippen molar-refractivity contribution in [3.8, 4) is 0 Å². The van der Waals surface area contributed by atoms with Gasteiger partial charge in [0.2, 0.25) is 5.91 Å². The van der Waals surface area contributed by atoms with Gasteiger partial charge in [0, 0.05) is 24.7 Å². The number of likely N-dealkylation sites (tertiary alicyclic amines) is 2. The summed E-state index contributed by atoms with van der Waals surface area (Å²) >= 11 is 0. The van der Waals surface area contributed by atoms with Crippen LogP contribution in [0, 0.1) is 0 Å². The van der Waals surface area contributed by atoms with Crippen molar-refractivity contribution in [1.82, 2.24) is 20.0 Å². The van der Waals surface area contributed by atoms with E-state index in [0.29, 0.717) is 0 Å². The highest BCUT2D eigenvalue weighted by atomic mass is 16.1. The average molecular weight is 322 g/mol. The van der Waals surface area contributed by atoms with Gasteiger partial charge in [0.15, 0.2) is 0 Å². The predicted molar refractivity (Wildman–Crippen MR) is 95.6 cm³/mol. The van der Waals surface area contributed by atoms with E-state index in [2.05, 4.69) is 27.1 Å². The summed E-state index contributed by atoms with van der Waals surface area (Å²) in [6.45, 7) is 6.22. The van der Waals surface area contributed by atoms with Crippen molar-refractivity contribution in [3.05, 3.63) is 12.2 Å². The second kappa shape index (κ2) is 8.81. The number of likely N-dealkylation sites (N-methyl/N-ethyl adjacent to an activating group) is 1. The number of hydrogen-bond donors (Lipinski definition) is 1. The first-order valence-corrected chi connectivity index (χ1v) is 9.04. The SMILES string of the molecule is CN(C)C/C=C/C(=O)NCC1(N2CCCCC2)CCN(C)CC1. The van der Waals surface area contributed by atoms with E-state index in [1.807, 2.05) is 20.2 Å². The maximum atomic E-state index is 12.1. The van der Waals surface area contributed by atoms with E-state index in [1.165, 1.54) is 32.4 Å². The molecule has 0 radical (unpaired) electrons. The van der Waals surface area contributed by atoms with Gasteiger partial charge in [0.1, 0.15) is 0 Å². The van der Waals surface area contributed by atoms with Gasteiger partial charge in [0.25, 0.3) is 0 Å². The maximum Gasteiger partial charge on any atom is 0.243 e. The molecular weight excluding hydrogens is 288 g/mol. The van der Waals surface area contributed by atoms with E-state index in [9.17, 15) is 4.79 Å². The van der Waals surface area contributed by atoms with Gasteiger partial charge >= 0.3 is 0 Å². The van der Waals surface area contributed by atoms with E-state index >= 15 is 0 Å². The summed E-state index contributed by atoms with van der Waals surface area (Å²) in [5, 5.41) is 3.17. The molecule has 2 fully saturated rings. The smallest absolute Gasteiger partial charge is 0.243 e. The highest BCUT2D eigenvalue weighted by Gasteiger charge is 2.39. The third-order valence-corrected chi connectivity index (χ3v) is 5.28. The summed E-state index contributed by atoms with van der Waals surface area (Å²) in [5.41, 5.74) is 0.165. The van der Waals surface area contributed by atoms with E-state index in [1.54, 1.807) is 6.08 Å². The summed E-state index contributed by atoms with van der Waals surface area (Å²) in [5.74, 6) is 0.0437. The quantitative estimate of drug-likeness (QED) is 0.745. The second-order valence-corrected chi connectivity index (χ2v) is 7.46. The van der Waals surface area contributed by atoms with Crippen LogP contribution < -0.4 is 5.32 Å². The standard InChI is InChI=1S/C18H34N4O/c1-20(2)11-7-8-17(23)19-16-18(9-14-21(3)15-10-18)22-12-5-4-6-13-22/h7-8H,4-6,9-16H2,1-3H3,(H,19,23)/b8-7+. The summed E-state index contributed by atoms with van der Waals surface area (Å²) in [6, 6.07) is 0. The van der Waals surface area contributed by atoms with E-state index in [-0.39, 0.29) is 11.4 Å². The van der Waals surface area contributed by atoms with Gasteiger partial charge in [-0.25, -0.2) is 0 Å². The normalized spacial score (nSPS) is 23.5. The number of rotatable bonds is 6. The number of amides is 1. The van der Waals surface area contributed by atoms with Crippen molar-refractivity contribution in [2.75, 3.05) is 60.4 Å². The Morgan fingerprint density at radius 3 is 2.39 bits per heavy atom. The average Bonchev–Trinajstić information content (AvgIpc) is 2.55. The fourth-order valence-corrected chi connectivity index (χ4v) is 3.69. The molecule has 23 heavy (non-hydrogen) atoms. The fraction of sp³-hybridized carbons (Fsp3) is 0.833. The molecule has 0 aromatic rings. The zero-order valence-electron chi connectivity index (χ0n) is 15.2. The largest absolute Gasteiger partial charge is 0.351 e. The van der Waals surface area contributed by atoms with Gasteiger partial charge in [-0.05, 0) is 73.0 Å². The van der Waals surface area contributed by atoms with Crippen molar-refractivity contribution in [2.45, 2.75) is 37.6 Å². The van der Waals surface area contributed by atoms with Crippen LogP contribution in [0.5, 0.6) is 0 Å². The predicted octanol–water partition coefficient (Wildman–Crippen LogP) is 1.17. The minimum Gasteiger partial charge on any atom is -0.351 e. The zero-order valence-corrected chi connectivity index (χ0v) is 15.2. The topological polar surface area (TPSA) is 38.8 Å². The Kier molecular flexibility index (Phi) is 7.06. The fourth-order valence-electron chi connectivity index (χ4n) is 3.69. The minimum atomic E-state index is 0.0437. The number of nitrogens with one attached hydrogen (secondary N) is 1. The van der Waals surface area contributed by atoms with Gasteiger partial charge in [-0.15, -0.1) is 0 Å². The lowest BCUT2D eigenvalue weighted by Gasteiger charge is -2.50. The lowest BCUT2D eigenvalue weighted by Crippen LogP contribution is -2.61. The molecule has 0 aromatic carbocycles. The molecule has 1 N–H and O–H groups in total. The summed E-state index contributed by atoms with van der Waals surface area (Å²) in [6.07, 6.45) is 9.88. The van der Waals surface area contributed by atoms with Crippen LogP contribution in [0.3, 0.4) is 0 Å². The molecule has 0 aliphatic carbocycles. The molecule has 0 bridgehead atoms. The molecule has 2 aliphatic rings. The van der Waals surface area contributed by atoms with E-state index in [0.717, 1.165) is 39.0 Å². The first-order chi connectivity index (χ1) is 11.0. The van der Waals surface area contributed by atoms with Crippen molar-refractivity contribution in [2.24, 2.45) is 0 Å². The molecule has 0 aromatic heterocycles. The van der Waals surface area contributed by atoms with Crippen molar-refractivity contribution in [3.63, 3.8) is 0 Å². The number of carbonyl (C=O) groups is 1. The second-order valence-electron chi connectivity index (χ2n) is 7.46. The Bertz CT molecular complexity index is 394. The highest BCUT2D eigenvalue weighted by Crippen LogP contribution is 2.30. The number of piperidine rings is 2. The lowest BCUT2D eigenvalue weighted by molar-refractivity contribution is -0.117.